The normalized spacial score (nSPS) is 11.0. The van der Waals surface area contributed by atoms with E-state index in [4.69, 9.17) is 10.00 Å². The Morgan fingerprint density at radius 3 is 2.18 bits per heavy atom. The van der Waals surface area contributed by atoms with Crippen molar-refractivity contribution >= 4 is 6.08 Å². The molecule has 2 heteroatoms. The summed E-state index contributed by atoms with van der Waals surface area (Å²) < 4.78 is 5.67. The maximum Gasteiger partial charge on any atom is 0.119 e. The van der Waals surface area contributed by atoms with E-state index in [1.54, 1.807) is 0 Å². The molecule has 0 saturated heterocycles. The molecule has 0 heterocycles. The van der Waals surface area contributed by atoms with Crippen LogP contribution in [0, 0.1) is 11.3 Å². The van der Waals surface area contributed by atoms with E-state index in [1.165, 1.54) is 0 Å². The minimum atomic E-state index is 0.710. The predicted molar refractivity (Wildman–Crippen MR) is 91.5 cm³/mol. The van der Waals surface area contributed by atoms with Crippen molar-refractivity contribution in [3.05, 3.63) is 59.7 Å². The highest BCUT2D eigenvalue weighted by Crippen LogP contribution is 2.23. The Morgan fingerprint density at radius 2 is 1.64 bits per heavy atom. The second-order valence-corrected chi connectivity index (χ2v) is 5.29. The van der Waals surface area contributed by atoms with Crippen LogP contribution in [0.1, 0.15) is 32.3 Å². The summed E-state index contributed by atoms with van der Waals surface area (Å²) in [5.74, 6) is 0.918. The van der Waals surface area contributed by atoms with Gasteiger partial charge >= 0.3 is 0 Å². The topological polar surface area (TPSA) is 33.0 Å². The summed E-state index contributed by atoms with van der Waals surface area (Å²) in [6.07, 6.45) is 4.11. The lowest BCUT2D eigenvalue weighted by Crippen LogP contribution is -1.95. The van der Waals surface area contributed by atoms with Crippen LogP contribution in [0.5, 0.6) is 5.75 Å². The summed E-state index contributed by atoms with van der Waals surface area (Å²) in [5, 5.41) is 8.80. The largest absolute Gasteiger partial charge is 0.494 e. The van der Waals surface area contributed by atoms with Crippen LogP contribution in [0.25, 0.3) is 17.2 Å². The van der Waals surface area contributed by atoms with E-state index in [0.29, 0.717) is 5.57 Å². The fraction of sp³-hybridized carbons (Fsp3) is 0.250. The summed E-state index contributed by atoms with van der Waals surface area (Å²) >= 11 is 0. The third kappa shape index (κ3) is 4.49. The zero-order valence-electron chi connectivity index (χ0n) is 13.2. The number of unbranched alkanes of at least 4 members (excludes halogenated alkanes) is 1. The first-order chi connectivity index (χ1) is 10.7. The van der Waals surface area contributed by atoms with Gasteiger partial charge in [0.25, 0.3) is 0 Å². The number of allylic oxidation sites excluding steroid dienone is 1. The van der Waals surface area contributed by atoms with Gasteiger partial charge in [-0.15, -0.1) is 0 Å². The van der Waals surface area contributed by atoms with Crippen LogP contribution in [0.15, 0.2) is 54.1 Å². The van der Waals surface area contributed by atoms with Crippen molar-refractivity contribution in [1.82, 2.24) is 0 Å². The van der Waals surface area contributed by atoms with E-state index in [-0.39, 0.29) is 0 Å². The molecule has 0 aliphatic rings. The van der Waals surface area contributed by atoms with Crippen molar-refractivity contribution in [2.45, 2.75) is 26.7 Å². The lowest BCUT2D eigenvalue weighted by Gasteiger charge is -2.07. The zero-order chi connectivity index (χ0) is 15.8. The number of rotatable bonds is 6. The van der Waals surface area contributed by atoms with Gasteiger partial charge in [0.1, 0.15) is 5.75 Å². The molecule has 0 aromatic heterocycles. The minimum Gasteiger partial charge on any atom is -0.494 e. The van der Waals surface area contributed by atoms with Crippen molar-refractivity contribution < 1.29 is 4.74 Å². The molecule has 0 N–H and O–H groups in total. The van der Waals surface area contributed by atoms with Crippen LogP contribution in [0.3, 0.4) is 0 Å². The minimum absolute atomic E-state index is 0.710. The van der Waals surface area contributed by atoms with Crippen LogP contribution in [-0.4, -0.2) is 6.61 Å². The van der Waals surface area contributed by atoms with Crippen molar-refractivity contribution in [3.8, 4) is 22.9 Å². The monoisotopic (exact) mass is 291 g/mol. The van der Waals surface area contributed by atoms with E-state index >= 15 is 0 Å². The van der Waals surface area contributed by atoms with Crippen molar-refractivity contribution in [1.29, 1.82) is 5.26 Å². The molecule has 0 spiro atoms. The molecule has 0 radical (unpaired) electrons. The standard InChI is InChI=1S/C20H21NO/c1-3-4-13-22-20-11-9-19(10-12-20)18-7-5-17(6-8-18)14-16(2)15-21/h5-12,14H,3-4,13H2,1-2H3/b16-14-. The lowest BCUT2D eigenvalue weighted by atomic mass is 10.0. The average molecular weight is 291 g/mol. The quantitative estimate of drug-likeness (QED) is 0.523. The van der Waals surface area contributed by atoms with E-state index in [2.05, 4.69) is 37.3 Å². The molecule has 2 nitrogen and oxygen atoms in total. The average Bonchev–Trinajstić information content (AvgIpc) is 2.56. The SMILES string of the molecule is CCCCOc1ccc(-c2ccc(/C=C(/C)C#N)cc2)cc1. The van der Waals surface area contributed by atoms with Gasteiger partial charge in [0, 0.05) is 5.57 Å². The summed E-state index contributed by atoms with van der Waals surface area (Å²) in [6, 6.07) is 18.5. The smallest absolute Gasteiger partial charge is 0.119 e. The highest BCUT2D eigenvalue weighted by Gasteiger charge is 1.99. The molecule has 0 aliphatic carbocycles. The number of nitrogens with zero attached hydrogens (tertiary/aromatic N) is 1. The van der Waals surface area contributed by atoms with Gasteiger partial charge in [-0.3, -0.25) is 0 Å². The number of ether oxygens (including phenoxy) is 1. The van der Waals surface area contributed by atoms with E-state index in [0.717, 1.165) is 41.9 Å². The maximum absolute atomic E-state index is 8.80. The van der Waals surface area contributed by atoms with Gasteiger partial charge < -0.3 is 4.74 Å². The van der Waals surface area contributed by atoms with E-state index < -0.39 is 0 Å². The third-order valence-electron chi connectivity index (χ3n) is 3.42. The molecule has 0 atom stereocenters. The molecular weight excluding hydrogens is 270 g/mol. The Bertz CT molecular complexity index is 660. The first-order valence-corrected chi connectivity index (χ1v) is 7.64. The molecule has 22 heavy (non-hydrogen) atoms. The molecule has 112 valence electrons. The van der Waals surface area contributed by atoms with Gasteiger partial charge in [-0.2, -0.15) is 5.26 Å². The molecule has 0 fully saturated rings. The fourth-order valence-corrected chi connectivity index (χ4v) is 2.13. The number of nitriles is 1. The molecule has 0 unspecified atom stereocenters. The first-order valence-electron chi connectivity index (χ1n) is 7.64. The second kappa shape index (κ2) is 8.05. The first kappa shape index (κ1) is 15.9. The Labute approximate surface area is 132 Å². The Morgan fingerprint density at radius 1 is 1.05 bits per heavy atom. The molecule has 2 rings (SSSR count). The van der Waals surface area contributed by atoms with Gasteiger partial charge in [0.2, 0.25) is 0 Å². The van der Waals surface area contributed by atoms with Crippen LogP contribution >= 0.6 is 0 Å². The Kier molecular flexibility index (Phi) is 5.80. The Balaban J connectivity index is 2.07. The molecule has 2 aromatic rings. The molecule has 2 aromatic carbocycles. The number of benzene rings is 2. The van der Waals surface area contributed by atoms with Crippen LogP contribution < -0.4 is 4.74 Å². The summed E-state index contributed by atoms with van der Waals surface area (Å²) in [7, 11) is 0. The highest BCUT2D eigenvalue weighted by atomic mass is 16.5. The second-order valence-electron chi connectivity index (χ2n) is 5.29. The summed E-state index contributed by atoms with van der Waals surface area (Å²) in [6.45, 7) is 4.74. The number of hydrogen-bond donors (Lipinski definition) is 0. The maximum atomic E-state index is 8.80. The van der Waals surface area contributed by atoms with Crippen LogP contribution in [0.4, 0.5) is 0 Å². The molecule has 0 aliphatic heterocycles. The summed E-state index contributed by atoms with van der Waals surface area (Å²) in [5.41, 5.74) is 4.07. The van der Waals surface area contributed by atoms with Crippen LogP contribution in [0.2, 0.25) is 0 Å². The van der Waals surface area contributed by atoms with Gasteiger partial charge in [-0.05, 0) is 48.2 Å². The van der Waals surface area contributed by atoms with E-state index in [1.807, 2.05) is 37.3 Å². The number of hydrogen-bond acceptors (Lipinski definition) is 2. The van der Waals surface area contributed by atoms with Crippen LogP contribution in [-0.2, 0) is 0 Å². The Hall–Kier alpha value is -2.53. The molecule has 0 bridgehead atoms. The third-order valence-corrected chi connectivity index (χ3v) is 3.42. The van der Waals surface area contributed by atoms with Crippen molar-refractivity contribution in [2.75, 3.05) is 6.61 Å². The van der Waals surface area contributed by atoms with Gasteiger partial charge in [-0.1, -0.05) is 49.7 Å². The van der Waals surface area contributed by atoms with Gasteiger partial charge in [0.15, 0.2) is 0 Å². The fourth-order valence-electron chi connectivity index (χ4n) is 2.13. The molecule has 0 saturated carbocycles. The molecule has 0 amide bonds. The molecular formula is C20H21NO. The summed E-state index contributed by atoms with van der Waals surface area (Å²) in [4.78, 5) is 0. The lowest BCUT2D eigenvalue weighted by molar-refractivity contribution is 0.309. The van der Waals surface area contributed by atoms with Gasteiger partial charge in [0.05, 0.1) is 12.7 Å². The predicted octanol–water partition coefficient (Wildman–Crippen LogP) is 5.46. The van der Waals surface area contributed by atoms with Gasteiger partial charge in [-0.25, -0.2) is 0 Å². The highest BCUT2D eigenvalue weighted by molar-refractivity contribution is 5.67. The van der Waals surface area contributed by atoms with Crippen molar-refractivity contribution in [3.63, 3.8) is 0 Å². The zero-order valence-corrected chi connectivity index (χ0v) is 13.2. The van der Waals surface area contributed by atoms with Crippen molar-refractivity contribution in [2.24, 2.45) is 0 Å². The van der Waals surface area contributed by atoms with E-state index in [9.17, 15) is 0 Å².